The molecule has 0 aliphatic carbocycles. The Morgan fingerprint density at radius 3 is 2.26 bits per heavy atom. The molecule has 0 aliphatic heterocycles. The van der Waals surface area contributed by atoms with Crippen molar-refractivity contribution in [1.82, 2.24) is 18.9 Å². The lowest BCUT2D eigenvalue weighted by Gasteiger charge is -2.17. The van der Waals surface area contributed by atoms with Gasteiger partial charge in [0, 0.05) is 12.7 Å². The molecule has 0 saturated heterocycles. The molecule has 3 aromatic carbocycles. The van der Waals surface area contributed by atoms with Crippen LogP contribution in [0, 0.1) is 18.3 Å². The fourth-order valence-corrected chi connectivity index (χ4v) is 4.24. The van der Waals surface area contributed by atoms with Gasteiger partial charge in [0.25, 0.3) is 5.56 Å². The van der Waals surface area contributed by atoms with Gasteiger partial charge in [-0.05, 0) is 60.5 Å². The average molecular weight is 460 g/mol. The van der Waals surface area contributed by atoms with Crippen molar-refractivity contribution in [3.63, 3.8) is 0 Å². The Labute approximate surface area is 201 Å². The molecule has 7 heteroatoms. The van der Waals surface area contributed by atoms with Gasteiger partial charge in [-0.1, -0.05) is 42.5 Å². The Bertz CT molecular complexity index is 1700. The smallest absolute Gasteiger partial charge is 0.268 e. The van der Waals surface area contributed by atoms with Crippen LogP contribution in [0.25, 0.3) is 33.8 Å². The fourth-order valence-electron chi connectivity index (χ4n) is 4.24. The molecular formula is C28H21N5O2. The second kappa shape index (κ2) is 8.76. The maximum atomic E-state index is 13.3. The third kappa shape index (κ3) is 3.77. The molecule has 2 heterocycles. The van der Waals surface area contributed by atoms with Crippen LogP contribution in [0.15, 0.2) is 101 Å². The van der Waals surface area contributed by atoms with Crippen LogP contribution >= 0.6 is 0 Å². The van der Waals surface area contributed by atoms with Crippen molar-refractivity contribution in [2.75, 3.05) is 0 Å². The van der Waals surface area contributed by atoms with Crippen molar-refractivity contribution in [1.29, 1.82) is 5.26 Å². The van der Waals surface area contributed by atoms with Gasteiger partial charge in [-0.15, -0.1) is 0 Å². The monoisotopic (exact) mass is 459 g/mol. The molecule has 0 N–H and O–H groups in total. The van der Waals surface area contributed by atoms with E-state index in [-0.39, 0.29) is 0 Å². The molecule has 5 rings (SSSR count). The van der Waals surface area contributed by atoms with Crippen molar-refractivity contribution in [3.05, 3.63) is 123 Å². The van der Waals surface area contributed by atoms with Crippen LogP contribution in [0.4, 0.5) is 0 Å². The Kier molecular flexibility index (Phi) is 5.47. The van der Waals surface area contributed by atoms with Gasteiger partial charge in [0.2, 0.25) is 0 Å². The van der Waals surface area contributed by atoms with Gasteiger partial charge in [-0.2, -0.15) is 10.4 Å². The van der Waals surface area contributed by atoms with E-state index in [1.165, 1.54) is 7.05 Å². The van der Waals surface area contributed by atoms with E-state index >= 15 is 0 Å². The highest BCUT2D eigenvalue weighted by atomic mass is 16.2. The lowest BCUT2D eigenvalue weighted by molar-refractivity contribution is 0.714. The molecular weight excluding hydrogens is 438 g/mol. The molecule has 0 fully saturated rings. The predicted molar refractivity (Wildman–Crippen MR) is 135 cm³/mol. The van der Waals surface area contributed by atoms with Crippen LogP contribution in [0.2, 0.25) is 0 Å². The summed E-state index contributed by atoms with van der Waals surface area (Å²) in [5.41, 5.74) is 4.50. The standard InChI is InChI=1S/C28H21N5O2/c1-19-26(25-15-16-30-33(25)23-13-11-20(18-29)12-14-23)27(34)31(2)28(35)32(19)24-10-6-9-22(17-24)21-7-4-3-5-8-21/h3-17H,1-2H3. The summed E-state index contributed by atoms with van der Waals surface area (Å²) in [5.74, 6) is 0. The number of rotatable bonds is 4. The SMILES string of the molecule is Cc1c(-c2ccnn2-c2ccc(C#N)cc2)c(=O)n(C)c(=O)n1-c1cccc(-c2ccccc2)c1. The largest absolute Gasteiger partial charge is 0.335 e. The van der Waals surface area contributed by atoms with E-state index in [1.54, 1.807) is 52.7 Å². The van der Waals surface area contributed by atoms with Crippen molar-refractivity contribution < 1.29 is 0 Å². The van der Waals surface area contributed by atoms with E-state index in [9.17, 15) is 9.59 Å². The summed E-state index contributed by atoms with van der Waals surface area (Å²) in [6.07, 6.45) is 1.61. The van der Waals surface area contributed by atoms with Gasteiger partial charge in [-0.25, -0.2) is 9.48 Å². The van der Waals surface area contributed by atoms with Gasteiger partial charge < -0.3 is 0 Å². The minimum atomic E-state index is -0.425. The van der Waals surface area contributed by atoms with E-state index in [0.29, 0.717) is 33.9 Å². The normalized spacial score (nSPS) is 10.8. The first-order chi connectivity index (χ1) is 17.0. The summed E-state index contributed by atoms with van der Waals surface area (Å²) in [5, 5.41) is 13.5. The van der Waals surface area contributed by atoms with Gasteiger partial charge in [0.1, 0.15) is 0 Å². The lowest BCUT2D eigenvalue weighted by Crippen LogP contribution is -2.39. The van der Waals surface area contributed by atoms with Crippen molar-refractivity contribution in [3.8, 4) is 39.8 Å². The number of nitrogens with zero attached hydrogens (tertiary/aromatic N) is 5. The quantitative estimate of drug-likeness (QED) is 0.402. The number of hydrogen-bond donors (Lipinski definition) is 0. The summed E-state index contributed by atoms with van der Waals surface area (Å²) < 4.78 is 4.31. The van der Waals surface area contributed by atoms with E-state index in [1.807, 2.05) is 54.6 Å². The Balaban J connectivity index is 1.72. The molecule has 5 aromatic rings. The maximum Gasteiger partial charge on any atom is 0.335 e. The zero-order valence-corrected chi connectivity index (χ0v) is 19.2. The van der Waals surface area contributed by atoms with Crippen LogP contribution in [-0.2, 0) is 7.05 Å². The lowest BCUT2D eigenvalue weighted by atomic mass is 10.0. The molecule has 0 bridgehead atoms. The number of benzene rings is 3. The van der Waals surface area contributed by atoms with Crippen molar-refractivity contribution in [2.45, 2.75) is 6.92 Å². The highest BCUT2D eigenvalue weighted by Crippen LogP contribution is 2.26. The Morgan fingerprint density at radius 1 is 0.829 bits per heavy atom. The van der Waals surface area contributed by atoms with Crippen LogP contribution in [-0.4, -0.2) is 18.9 Å². The Morgan fingerprint density at radius 2 is 1.54 bits per heavy atom. The van der Waals surface area contributed by atoms with Gasteiger partial charge in [-0.3, -0.25) is 13.9 Å². The summed E-state index contributed by atoms with van der Waals surface area (Å²) in [6, 6.07) is 28.4. The van der Waals surface area contributed by atoms with Crippen LogP contribution in [0.5, 0.6) is 0 Å². The maximum absolute atomic E-state index is 13.3. The molecule has 0 atom stereocenters. The first-order valence-corrected chi connectivity index (χ1v) is 11.0. The third-order valence-corrected chi connectivity index (χ3v) is 6.05. The molecule has 0 aliphatic rings. The zero-order valence-electron chi connectivity index (χ0n) is 19.2. The predicted octanol–water partition coefficient (Wildman–Crippen LogP) is 4.24. The van der Waals surface area contributed by atoms with Crippen LogP contribution < -0.4 is 11.2 Å². The molecule has 35 heavy (non-hydrogen) atoms. The number of nitriles is 1. The molecule has 0 amide bonds. The number of hydrogen-bond acceptors (Lipinski definition) is 4. The first kappa shape index (κ1) is 21.9. The molecule has 0 unspecified atom stereocenters. The van der Waals surface area contributed by atoms with E-state index < -0.39 is 11.2 Å². The molecule has 170 valence electrons. The van der Waals surface area contributed by atoms with E-state index in [4.69, 9.17) is 5.26 Å². The average Bonchev–Trinajstić information content (AvgIpc) is 3.38. The van der Waals surface area contributed by atoms with Crippen LogP contribution in [0.3, 0.4) is 0 Å². The molecule has 0 radical (unpaired) electrons. The molecule has 7 nitrogen and oxygen atoms in total. The second-order valence-corrected chi connectivity index (χ2v) is 8.15. The third-order valence-electron chi connectivity index (χ3n) is 6.05. The zero-order chi connectivity index (χ0) is 24.5. The van der Waals surface area contributed by atoms with Gasteiger partial charge in [0.15, 0.2) is 0 Å². The molecule has 0 spiro atoms. The van der Waals surface area contributed by atoms with Gasteiger partial charge in [0.05, 0.1) is 40.5 Å². The summed E-state index contributed by atoms with van der Waals surface area (Å²) >= 11 is 0. The minimum absolute atomic E-state index is 0.374. The topological polar surface area (TPSA) is 85.6 Å². The summed E-state index contributed by atoms with van der Waals surface area (Å²) in [4.78, 5) is 26.6. The summed E-state index contributed by atoms with van der Waals surface area (Å²) in [6.45, 7) is 1.77. The second-order valence-electron chi connectivity index (χ2n) is 8.15. The van der Waals surface area contributed by atoms with E-state index in [2.05, 4.69) is 11.2 Å². The Hall–Kier alpha value is -4.96. The molecule has 2 aromatic heterocycles. The van der Waals surface area contributed by atoms with Crippen molar-refractivity contribution >= 4 is 0 Å². The number of aromatic nitrogens is 4. The first-order valence-electron chi connectivity index (χ1n) is 11.0. The van der Waals surface area contributed by atoms with Gasteiger partial charge >= 0.3 is 5.69 Å². The van der Waals surface area contributed by atoms with Crippen molar-refractivity contribution in [2.24, 2.45) is 7.05 Å². The van der Waals surface area contributed by atoms with E-state index in [0.717, 1.165) is 15.7 Å². The molecule has 0 saturated carbocycles. The summed E-state index contributed by atoms with van der Waals surface area (Å²) in [7, 11) is 1.48. The fraction of sp³-hybridized carbons (Fsp3) is 0.0714. The minimum Gasteiger partial charge on any atom is -0.268 e. The highest BCUT2D eigenvalue weighted by Gasteiger charge is 2.21. The van der Waals surface area contributed by atoms with Crippen LogP contribution in [0.1, 0.15) is 11.3 Å². The highest BCUT2D eigenvalue weighted by molar-refractivity contribution is 5.68.